The molecule has 0 saturated heterocycles. The van der Waals surface area contributed by atoms with Gasteiger partial charge >= 0.3 is 0 Å². The van der Waals surface area contributed by atoms with E-state index in [9.17, 15) is 0 Å². The fraction of sp³-hybridized carbons (Fsp3) is 0.824. The third kappa shape index (κ3) is 17.6. The van der Waals surface area contributed by atoms with Gasteiger partial charge in [-0.15, -0.1) is 0 Å². The molecule has 1 rings (SSSR count). The molecule has 1 aromatic carbocycles. The molecule has 2 nitrogen and oxygen atoms in total. The molecule has 0 bridgehead atoms. The lowest BCUT2D eigenvalue weighted by Crippen LogP contribution is -2.27. The number of benzene rings is 1. The Morgan fingerprint density at radius 1 is 0.417 bits per heavy atom. The van der Waals surface area contributed by atoms with E-state index in [0.29, 0.717) is 0 Å². The van der Waals surface area contributed by atoms with Crippen LogP contribution >= 0.6 is 0 Å². The Morgan fingerprint density at radius 3 is 1.03 bits per heavy atom. The summed E-state index contributed by atoms with van der Waals surface area (Å²) in [6.45, 7) is 16.3. The summed E-state index contributed by atoms with van der Waals surface area (Å²) in [5.41, 5.74) is 3.08. The van der Waals surface area contributed by atoms with Crippen LogP contribution in [0, 0.1) is 0 Å². The van der Waals surface area contributed by atoms with Gasteiger partial charge < -0.3 is 0 Å². The monoisotopic (exact) mass is 501 g/mol. The van der Waals surface area contributed by atoms with Crippen molar-refractivity contribution in [1.29, 1.82) is 0 Å². The van der Waals surface area contributed by atoms with Crippen LogP contribution in [0.15, 0.2) is 24.3 Å². The highest BCUT2D eigenvalue weighted by Gasteiger charge is 2.11. The molecule has 0 heterocycles. The van der Waals surface area contributed by atoms with Gasteiger partial charge in [0.15, 0.2) is 0 Å². The third-order valence-electron chi connectivity index (χ3n) is 7.96. The number of unbranched alkanes of at least 4 members (excludes halogenated alkanes) is 16. The lowest BCUT2D eigenvalue weighted by molar-refractivity contribution is 0.258. The topological polar surface area (TPSA) is 6.48 Å². The molecule has 0 aliphatic rings. The lowest BCUT2D eigenvalue weighted by Gasteiger charge is -2.25. The zero-order valence-electron chi connectivity index (χ0n) is 25.2. The van der Waals surface area contributed by atoms with Crippen LogP contribution < -0.4 is 0 Å². The molecule has 210 valence electrons. The molecule has 0 aliphatic heterocycles. The minimum Gasteiger partial charge on any atom is -0.299 e. The number of hydrogen-bond acceptors (Lipinski definition) is 2. The largest absolute Gasteiger partial charge is 0.299 e. The van der Waals surface area contributed by atoms with Crippen molar-refractivity contribution in [2.75, 3.05) is 26.2 Å². The highest BCUT2D eigenvalue weighted by molar-refractivity contribution is 5.27. The normalized spacial score (nSPS) is 11.7. The van der Waals surface area contributed by atoms with E-state index in [-0.39, 0.29) is 0 Å². The summed E-state index contributed by atoms with van der Waals surface area (Å²) >= 11 is 0. The van der Waals surface area contributed by atoms with Crippen LogP contribution in [0.4, 0.5) is 0 Å². The summed E-state index contributed by atoms with van der Waals surface area (Å²) in [4.78, 5) is 5.33. The first-order chi connectivity index (χ1) is 17.7. The van der Waals surface area contributed by atoms with Crippen molar-refractivity contribution in [3.8, 4) is 0 Å². The maximum atomic E-state index is 2.66. The third-order valence-corrected chi connectivity index (χ3v) is 7.96. The van der Waals surface area contributed by atoms with Gasteiger partial charge in [0.05, 0.1) is 0 Å². The first-order valence-corrected chi connectivity index (χ1v) is 16.3. The SMILES string of the molecule is CCCCCCCCCCCN(CC)Cc1ccccc1CN(CC)CCCCCCCCCCC. The molecule has 0 aromatic heterocycles. The van der Waals surface area contributed by atoms with Crippen molar-refractivity contribution in [1.82, 2.24) is 9.80 Å². The van der Waals surface area contributed by atoms with E-state index in [1.165, 1.54) is 129 Å². The maximum absolute atomic E-state index is 2.66. The van der Waals surface area contributed by atoms with E-state index in [2.05, 4.69) is 61.8 Å². The number of hydrogen-bond donors (Lipinski definition) is 0. The van der Waals surface area contributed by atoms with Crippen LogP contribution in [-0.2, 0) is 13.1 Å². The van der Waals surface area contributed by atoms with Crippen LogP contribution in [0.5, 0.6) is 0 Å². The minimum atomic E-state index is 1.11. The molecule has 0 radical (unpaired) electrons. The van der Waals surface area contributed by atoms with E-state index in [1.807, 2.05) is 0 Å². The Hall–Kier alpha value is -0.860. The van der Waals surface area contributed by atoms with Gasteiger partial charge in [-0.3, -0.25) is 9.80 Å². The number of rotatable bonds is 26. The molecule has 0 N–H and O–H groups in total. The van der Waals surface area contributed by atoms with Crippen molar-refractivity contribution < 1.29 is 0 Å². The molecular weight excluding hydrogens is 436 g/mol. The first-order valence-electron chi connectivity index (χ1n) is 16.3. The van der Waals surface area contributed by atoms with E-state index in [1.54, 1.807) is 11.1 Å². The Labute approximate surface area is 227 Å². The van der Waals surface area contributed by atoms with E-state index in [4.69, 9.17) is 0 Å². The second kappa shape index (κ2) is 24.5. The summed E-state index contributed by atoms with van der Waals surface area (Å²) in [6, 6.07) is 9.23. The summed E-state index contributed by atoms with van der Waals surface area (Å²) in [5.74, 6) is 0. The van der Waals surface area contributed by atoms with E-state index < -0.39 is 0 Å². The zero-order valence-corrected chi connectivity index (χ0v) is 25.2. The van der Waals surface area contributed by atoms with E-state index in [0.717, 1.165) is 26.2 Å². The molecule has 0 unspecified atom stereocenters. The lowest BCUT2D eigenvalue weighted by atomic mass is 10.0. The van der Waals surface area contributed by atoms with Gasteiger partial charge in [-0.05, 0) is 50.1 Å². The van der Waals surface area contributed by atoms with Gasteiger partial charge in [0.25, 0.3) is 0 Å². The molecule has 0 amide bonds. The molecule has 2 heteroatoms. The van der Waals surface area contributed by atoms with Gasteiger partial charge in [0, 0.05) is 13.1 Å². The van der Waals surface area contributed by atoms with Crippen molar-refractivity contribution in [2.24, 2.45) is 0 Å². The smallest absolute Gasteiger partial charge is 0.0236 e. The van der Waals surface area contributed by atoms with Crippen LogP contribution in [0.1, 0.15) is 154 Å². The van der Waals surface area contributed by atoms with Gasteiger partial charge in [-0.2, -0.15) is 0 Å². The summed E-state index contributed by atoms with van der Waals surface area (Å²) in [7, 11) is 0. The van der Waals surface area contributed by atoms with E-state index >= 15 is 0 Å². The summed E-state index contributed by atoms with van der Waals surface area (Å²) in [5, 5.41) is 0. The minimum absolute atomic E-state index is 1.11. The highest BCUT2D eigenvalue weighted by Crippen LogP contribution is 2.17. The molecular formula is C34H64N2. The molecule has 0 fully saturated rings. The number of nitrogens with zero attached hydrogens (tertiary/aromatic N) is 2. The highest BCUT2D eigenvalue weighted by atomic mass is 15.1. The second-order valence-corrected chi connectivity index (χ2v) is 11.2. The van der Waals surface area contributed by atoms with Crippen LogP contribution in [-0.4, -0.2) is 36.0 Å². The average molecular weight is 501 g/mol. The van der Waals surface area contributed by atoms with Gasteiger partial charge in [-0.25, -0.2) is 0 Å². The first kappa shape index (κ1) is 33.2. The fourth-order valence-electron chi connectivity index (χ4n) is 5.34. The predicted octanol–water partition coefficient (Wildman–Crippen LogP) is 10.4. The summed E-state index contributed by atoms with van der Waals surface area (Å²) in [6.07, 6.45) is 25.4. The van der Waals surface area contributed by atoms with Crippen LogP contribution in [0.25, 0.3) is 0 Å². The standard InChI is InChI=1S/C34H64N2/c1-5-9-11-13-15-17-19-21-25-29-35(7-3)31-33-27-23-24-28-34(33)32-36(8-4)30-26-22-20-18-16-14-12-10-6-2/h23-24,27-28H,5-22,25-26,29-32H2,1-4H3. The van der Waals surface area contributed by atoms with Crippen molar-refractivity contribution in [2.45, 2.75) is 156 Å². The maximum Gasteiger partial charge on any atom is 0.0236 e. The predicted molar refractivity (Wildman–Crippen MR) is 163 cm³/mol. The molecule has 36 heavy (non-hydrogen) atoms. The second-order valence-electron chi connectivity index (χ2n) is 11.2. The molecule has 0 atom stereocenters. The van der Waals surface area contributed by atoms with Crippen molar-refractivity contribution in [3.05, 3.63) is 35.4 Å². The quantitative estimate of drug-likeness (QED) is 0.117. The fourth-order valence-corrected chi connectivity index (χ4v) is 5.34. The van der Waals surface area contributed by atoms with Crippen molar-refractivity contribution >= 4 is 0 Å². The molecule has 0 spiro atoms. The Kier molecular flexibility index (Phi) is 22.6. The zero-order chi connectivity index (χ0) is 26.1. The Balaban J connectivity index is 2.31. The Morgan fingerprint density at radius 2 is 0.722 bits per heavy atom. The van der Waals surface area contributed by atoms with Crippen molar-refractivity contribution in [3.63, 3.8) is 0 Å². The van der Waals surface area contributed by atoms with Gasteiger partial charge in [-0.1, -0.05) is 155 Å². The van der Waals surface area contributed by atoms with Crippen LogP contribution in [0.2, 0.25) is 0 Å². The Bertz CT molecular complexity index is 533. The average Bonchev–Trinajstić information content (AvgIpc) is 2.90. The van der Waals surface area contributed by atoms with Crippen LogP contribution in [0.3, 0.4) is 0 Å². The van der Waals surface area contributed by atoms with Gasteiger partial charge in [0.1, 0.15) is 0 Å². The van der Waals surface area contributed by atoms with Gasteiger partial charge in [0.2, 0.25) is 0 Å². The molecule has 1 aromatic rings. The molecule has 0 saturated carbocycles. The molecule has 0 aliphatic carbocycles. The summed E-state index contributed by atoms with van der Waals surface area (Å²) < 4.78 is 0.